The molecule has 0 saturated carbocycles. The highest BCUT2D eigenvalue weighted by atomic mass is 15.1. The van der Waals surface area contributed by atoms with Gasteiger partial charge in [-0.05, 0) is 33.1 Å². The minimum absolute atomic E-state index is 0.414. The van der Waals surface area contributed by atoms with E-state index >= 15 is 0 Å². The zero-order chi connectivity index (χ0) is 14.4. The van der Waals surface area contributed by atoms with Crippen LogP contribution in [0.15, 0.2) is 0 Å². The van der Waals surface area contributed by atoms with Gasteiger partial charge in [-0.15, -0.1) is 0 Å². The molecular weight excluding hydrogens is 236 g/mol. The molecule has 0 radical (unpaired) electrons. The SMILES string of the molecule is CCCNc1nc(C)nc(NC(C)C(C)CC)c1C. The van der Waals surface area contributed by atoms with E-state index in [1.54, 1.807) is 0 Å². The Kier molecular flexibility index (Phi) is 6.06. The smallest absolute Gasteiger partial charge is 0.134 e. The Morgan fingerprint density at radius 1 is 1.05 bits per heavy atom. The largest absolute Gasteiger partial charge is 0.370 e. The number of hydrogen-bond acceptors (Lipinski definition) is 4. The predicted octanol–water partition coefficient (Wildman–Crippen LogP) is 3.76. The Bertz CT molecular complexity index is 403. The summed E-state index contributed by atoms with van der Waals surface area (Å²) in [5.41, 5.74) is 1.11. The molecule has 0 aliphatic rings. The predicted molar refractivity (Wildman–Crippen MR) is 82.8 cm³/mol. The Labute approximate surface area is 117 Å². The molecule has 0 bridgehead atoms. The van der Waals surface area contributed by atoms with Crippen LogP contribution in [-0.2, 0) is 0 Å². The van der Waals surface area contributed by atoms with Gasteiger partial charge in [0.25, 0.3) is 0 Å². The van der Waals surface area contributed by atoms with E-state index in [0.29, 0.717) is 12.0 Å². The molecule has 0 aliphatic carbocycles. The minimum atomic E-state index is 0.414. The number of rotatable bonds is 7. The summed E-state index contributed by atoms with van der Waals surface area (Å²) in [5.74, 6) is 3.34. The Hall–Kier alpha value is -1.32. The first-order valence-corrected chi connectivity index (χ1v) is 7.35. The van der Waals surface area contributed by atoms with E-state index in [1.165, 1.54) is 0 Å². The summed E-state index contributed by atoms with van der Waals surface area (Å²) in [6.45, 7) is 13.8. The average molecular weight is 264 g/mol. The van der Waals surface area contributed by atoms with Crippen molar-refractivity contribution in [2.75, 3.05) is 17.2 Å². The van der Waals surface area contributed by atoms with Crippen molar-refractivity contribution in [1.82, 2.24) is 9.97 Å². The number of hydrogen-bond donors (Lipinski definition) is 2. The van der Waals surface area contributed by atoms with Gasteiger partial charge in [-0.2, -0.15) is 0 Å². The molecule has 1 heterocycles. The molecule has 1 aromatic rings. The average Bonchev–Trinajstić information content (AvgIpc) is 2.39. The lowest BCUT2D eigenvalue weighted by atomic mass is 10.0. The third-order valence-corrected chi connectivity index (χ3v) is 3.66. The molecule has 2 atom stereocenters. The second kappa shape index (κ2) is 7.31. The highest BCUT2D eigenvalue weighted by Gasteiger charge is 2.14. The van der Waals surface area contributed by atoms with Crippen LogP contribution in [0.1, 0.15) is 51.9 Å². The van der Waals surface area contributed by atoms with Crippen LogP contribution in [0.2, 0.25) is 0 Å². The van der Waals surface area contributed by atoms with Gasteiger partial charge < -0.3 is 10.6 Å². The van der Waals surface area contributed by atoms with Crippen LogP contribution in [-0.4, -0.2) is 22.6 Å². The van der Waals surface area contributed by atoms with Crippen molar-refractivity contribution in [3.63, 3.8) is 0 Å². The van der Waals surface area contributed by atoms with Crippen molar-refractivity contribution in [2.24, 2.45) is 5.92 Å². The molecule has 0 aromatic carbocycles. The Balaban J connectivity index is 2.91. The van der Waals surface area contributed by atoms with E-state index in [4.69, 9.17) is 0 Å². The molecule has 0 spiro atoms. The lowest BCUT2D eigenvalue weighted by molar-refractivity contribution is 0.493. The van der Waals surface area contributed by atoms with Crippen LogP contribution < -0.4 is 10.6 Å². The van der Waals surface area contributed by atoms with Gasteiger partial charge in [-0.3, -0.25) is 0 Å². The van der Waals surface area contributed by atoms with Gasteiger partial charge in [0.1, 0.15) is 17.5 Å². The van der Waals surface area contributed by atoms with Crippen LogP contribution in [0.5, 0.6) is 0 Å². The molecule has 19 heavy (non-hydrogen) atoms. The number of anilines is 2. The fraction of sp³-hybridized carbons (Fsp3) is 0.733. The molecule has 4 heteroatoms. The van der Waals surface area contributed by atoms with Crippen molar-refractivity contribution in [1.29, 1.82) is 0 Å². The maximum Gasteiger partial charge on any atom is 0.134 e. The first-order chi connectivity index (χ1) is 8.99. The maximum atomic E-state index is 4.54. The molecule has 108 valence electrons. The Morgan fingerprint density at radius 2 is 1.68 bits per heavy atom. The molecule has 0 aliphatic heterocycles. The van der Waals surface area contributed by atoms with Crippen LogP contribution in [0, 0.1) is 19.8 Å². The summed E-state index contributed by atoms with van der Waals surface area (Å²) in [6, 6.07) is 0.414. The van der Waals surface area contributed by atoms with E-state index in [0.717, 1.165) is 42.4 Å². The van der Waals surface area contributed by atoms with Gasteiger partial charge >= 0.3 is 0 Å². The van der Waals surface area contributed by atoms with Gasteiger partial charge in [0.05, 0.1) is 0 Å². The third kappa shape index (κ3) is 4.37. The summed E-state index contributed by atoms with van der Waals surface area (Å²) < 4.78 is 0. The molecule has 0 fully saturated rings. The van der Waals surface area contributed by atoms with Gasteiger partial charge in [0.2, 0.25) is 0 Å². The molecule has 2 N–H and O–H groups in total. The Morgan fingerprint density at radius 3 is 2.26 bits per heavy atom. The van der Waals surface area contributed by atoms with E-state index < -0.39 is 0 Å². The summed E-state index contributed by atoms with van der Waals surface area (Å²) >= 11 is 0. The monoisotopic (exact) mass is 264 g/mol. The topological polar surface area (TPSA) is 49.8 Å². The van der Waals surface area contributed by atoms with E-state index in [2.05, 4.69) is 55.2 Å². The first-order valence-electron chi connectivity index (χ1n) is 7.35. The molecule has 0 amide bonds. The summed E-state index contributed by atoms with van der Waals surface area (Å²) in [6.07, 6.45) is 2.26. The lowest BCUT2D eigenvalue weighted by Crippen LogP contribution is -2.25. The number of nitrogens with zero attached hydrogens (tertiary/aromatic N) is 2. The summed E-state index contributed by atoms with van der Waals surface area (Å²) in [4.78, 5) is 9.02. The van der Waals surface area contributed by atoms with Gasteiger partial charge in [-0.25, -0.2) is 9.97 Å². The quantitative estimate of drug-likeness (QED) is 0.787. The molecule has 1 aromatic heterocycles. The van der Waals surface area contributed by atoms with Gasteiger partial charge in [0.15, 0.2) is 0 Å². The fourth-order valence-corrected chi connectivity index (χ4v) is 1.90. The second-order valence-electron chi connectivity index (χ2n) is 5.34. The van der Waals surface area contributed by atoms with Crippen LogP contribution >= 0.6 is 0 Å². The lowest BCUT2D eigenvalue weighted by Gasteiger charge is -2.22. The highest BCUT2D eigenvalue weighted by Crippen LogP contribution is 2.22. The van der Waals surface area contributed by atoms with Crippen molar-refractivity contribution < 1.29 is 0 Å². The van der Waals surface area contributed by atoms with Gasteiger partial charge in [-0.1, -0.05) is 27.2 Å². The normalized spacial score (nSPS) is 14.0. The van der Waals surface area contributed by atoms with E-state index in [9.17, 15) is 0 Å². The number of aromatic nitrogens is 2. The number of nitrogens with one attached hydrogen (secondary N) is 2. The second-order valence-corrected chi connectivity index (χ2v) is 5.34. The van der Waals surface area contributed by atoms with Crippen LogP contribution in [0.3, 0.4) is 0 Å². The summed E-state index contributed by atoms with van der Waals surface area (Å²) in [5, 5.41) is 6.90. The van der Waals surface area contributed by atoms with E-state index in [1.807, 2.05) is 6.92 Å². The summed E-state index contributed by atoms with van der Waals surface area (Å²) in [7, 11) is 0. The molecule has 1 rings (SSSR count). The van der Waals surface area contributed by atoms with Crippen molar-refractivity contribution in [3.8, 4) is 0 Å². The van der Waals surface area contributed by atoms with Gasteiger partial charge in [0, 0.05) is 18.2 Å². The fourth-order valence-electron chi connectivity index (χ4n) is 1.90. The van der Waals surface area contributed by atoms with Crippen molar-refractivity contribution in [2.45, 2.75) is 60.4 Å². The zero-order valence-electron chi connectivity index (χ0n) is 13.2. The highest BCUT2D eigenvalue weighted by molar-refractivity contribution is 5.57. The van der Waals surface area contributed by atoms with Crippen molar-refractivity contribution in [3.05, 3.63) is 11.4 Å². The maximum absolute atomic E-state index is 4.54. The molecule has 4 nitrogen and oxygen atoms in total. The van der Waals surface area contributed by atoms with Crippen molar-refractivity contribution >= 4 is 11.6 Å². The van der Waals surface area contributed by atoms with Crippen LogP contribution in [0.4, 0.5) is 11.6 Å². The van der Waals surface area contributed by atoms with Crippen LogP contribution in [0.25, 0.3) is 0 Å². The zero-order valence-corrected chi connectivity index (χ0v) is 13.2. The molecule has 2 unspecified atom stereocenters. The van der Waals surface area contributed by atoms with E-state index in [-0.39, 0.29) is 0 Å². The molecule has 0 saturated heterocycles. The number of aryl methyl sites for hydroxylation is 1. The standard InChI is InChI=1S/C15H28N4/c1-7-9-16-14-11(4)15(19-13(6)18-14)17-12(5)10(3)8-2/h10,12H,7-9H2,1-6H3,(H2,16,17,18,19). The first kappa shape index (κ1) is 15.7. The molecular formula is C15H28N4. The minimum Gasteiger partial charge on any atom is -0.370 e. The third-order valence-electron chi connectivity index (χ3n) is 3.66.